The number of carbonyl (C=O) groups excluding carboxylic acids is 1. The number of nitrogens with one attached hydrogen (secondary N) is 2. The number of hydrogen-bond acceptors (Lipinski definition) is 4. The summed E-state index contributed by atoms with van der Waals surface area (Å²) in [6.45, 7) is 5.07. The van der Waals surface area contributed by atoms with Crippen molar-refractivity contribution in [3.8, 4) is 0 Å². The Morgan fingerprint density at radius 2 is 2.08 bits per heavy atom. The summed E-state index contributed by atoms with van der Waals surface area (Å²) in [6, 6.07) is 12.2. The van der Waals surface area contributed by atoms with E-state index in [2.05, 4.69) is 46.0 Å². The SMILES string of the molecule is CCCC(NCc1cccs1)C(=O)Nc1cccc(N2CCCC2)c1. The Labute approximate surface area is 154 Å². The largest absolute Gasteiger partial charge is 0.371 e. The third-order valence-electron chi connectivity index (χ3n) is 4.58. The molecule has 3 rings (SSSR count). The lowest BCUT2D eigenvalue weighted by molar-refractivity contribution is -0.118. The summed E-state index contributed by atoms with van der Waals surface area (Å²) >= 11 is 1.72. The molecule has 0 saturated carbocycles. The maximum absolute atomic E-state index is 12.7. The monoisotopic (exact) mass is 357 g/mol. The summed E-state index contributed by atoms with van der Waals surface area (Å²) in [5.41, 5.74) is 2.09. The second kappa shape index (κ2) is 9.02. The van der Waals surface area contributed by atoms with Crippen LogP contribution in [-0.2, 0) is 11.3 Å². The number of benzene rings is 1. The first-order valence-electron chi connectivity index (χ1n) is 9.18. The van der Waals surface area contributed by atoms with E-state index in [9.17, 15) is 4.79 Å². The Morgan fingerprint density at radius 1 is 1.24 bits per heavy atom. The van der Waals surface area contributed by atoms with E-state index in [0.29, 0.717) is 0 Å². The molecular formula is C20H27N3OS. The van der Waals surface area contributed by atoms with Gasteiger partial charge in [0.05, 0.1) is 6.04 Å². The van der Waals surface area contributed by atoms with Gasteiger partial charge in [0, 0.05) is 35.9 Å². The zero-order valence-corrected chi connectivity index (χ0v) is 15.6. The van der Waals surface area contributed by atoms with Crippen LogP contribution in [0.2, 0.25) is 0 Å². The van der Waals surface area contributed by atoms with E-state index in [4.69, 9.17) is 0 Å². The van der Waals surface area contributed by atoms with E-state index < -0.39 is 0 Å². The van der Waals surface area contributed by atoms with Gasteiger partial charge >= 0.3 is 0 Å². The summed E-state index contributed by atoms with van der Waals surface area (Å²) in [5.74, 6) is 0.0528. The number of hydrogen-bond donors (Lipinski definition) is 2. The maximum Gasteiger partial charge on any atom is 0.241 e. The molecule has 1 aromatic heterocycles. The average molecular weight is 358 g/mol. The van der Waals surface area contributed by atoms with Crippen molar-refractivity contribution in [2.24, 2.45) is 0 Å². The zero-order chi connectivity index (χ0) is 17.5. The molecule has 2 N–H and O–H groups in total. The van der Waals surface area contributed by atoms with Gasteiger partial charge in [-0.25, -0.2) is 0 Å². The molecule has 4 nitrogen and oxygen atoms in total. The van der Waals surface area contributed by atoms with Crippen molar-refractivity contribution in [3.63, 3.8) is 0 Å². The molecule has 1 amide bonds. The first kappa shape index (κ1) is 18.0. The van der Waals surface area contributed by atoms with Crippen molar-refractivity contribution in [3.05, 3.63) is 46.7 Å². The van der Waals surface area contributed by atoms with Gasteiger partial charge in [-0.3, -0.25) is 4.79 Å². The first-order valence-corrected chi connectivity index (χ1v) is 10.1. The van der Waals surface area contributed by atoms with Crippen LogP contribution in [0.15, 0.2) is 41.8 Å². The minimum absolute atomic E-state index is 0.0528. The molecule has 5 heteroatoms. The highest BCUT2D eigenvalue weighted by molar-refractivity contribution is 7.09. The number of thiophene rings is 1. The van der Waals surface area contributed by atoms with Gasteiger partial charge in [-0.05, 0) is 48.9 Å². The number of rotatable bonds is 8. The lowest BCUT2D eigenvalue weighted by Crippen LogP contribution is -2.40. The average Bonchev–Trinajstić information content (AvgIpc) is 3.32. The van der Waals surface area contributed by atoms with Crippen molar-refractivity contribution in [1.29, 1.82) is 0 Å². The molecule has 0 spiro atoms. The number of amides is 1. The number of nitrogens with zero attached hydrogens (tertiary/aromatic N) is 1. The fraction of sp³-hybridized carbons (Fsp3) is 0.450. The van der Waals surface area contributed by atoms with Gasteiger partial charge in [0.25, 0.3) is 0 Å². The normalized spacial score (nSPS) is 15.3. The summed E-state index contributed by atoms with van der Waals surface area (Å²) in [4.78, 5) is 16.3. The van der Waals surface area contributed by atoms with E-state index in [1.165, 1.54) is 23.4 Å². The van der Waals surface area contributed by atoms with Crippen LogP contribution in [0, 0.1) is 0 Å². The minimum atomic E-state index is -0.164. The molecule has 2 aromatic rings. The molecule has 0 bridgehead atoms. The molecule has 1 aromatic carbocycles. The predicted molar refractivity (Wildman–Crippen MR) is 106 cm³/mol. The molecule has 0 radical (unpaired) electrons. The highest BCUT2D eigenvalue weighted by atomic mass is 32.1. The van der Waals surface area contributed by atoms with E-state index in [0.717, 1.165) is 38.2 Å². The molecule has 2 heterocycles. The van der Waals surface area contributed by atoms with Gasteiger partial charge in [0.15, 0.2) is 0 Å². The van der Waals surface area contributed by atoms with Crippen molar-refractivity contribution in [2.75, 3.05) is 23.3 Å². The Balaban J connectivity index is 1.60. The van der Waals surface area contributed by atoms with Gasteiger partial charge in [-0.15, -0.1) is 11.3 Å². The molecule has 1 unspecified atom stereocenters. The molecule has 1 fully saturated rings. The highest BCUT2D eigenvalue weighted by Gasteiger charge is 2.18. The van der Waals surface area contributed by atoms with Crippen molar-refractivity contribution in [1.82, 2.24) is 5.32 Å². The van der Waals surface area contributed by atoms with Crippen LogP contribution >= 0.6 is 11.3 Å². The molecule has 134 valence electrons. The molecule has 1 aliphatic heterocycles. The van der Waals surface area contributed by atoms with Crippen LogP contribution in [0.1, 0.15) is 37.5 Å². The third-order valence-corrected chi connectivity index (χ3v) is 5.46. The molecule has 1 atom stereocenters. The Hall–Kier alpha value is -1.85. The lowest BCUT2D eigenvalue weighted by Gasteiger charge is -2.20. The van der Waals surface area contributed by atoms with Crippen LogP contribution in [0.3, 0.4) is 0 Å². The smallest absolute Gasteiger partial charge is 0.241 e. The van der Waals surface area contributed by atoms with Gasteiger partial charge in [-0.1, -0.05) is 25.5 Å². The fourth-order valence-corrected chi connectivity index (χ4v) is 3.89. The van der Waals surface area contributed by atoms with Gasteiger partial charge in [0.1, 0.15) is 0 Å². The Bertz CT molecular complexity index is 665. The van der Waals surface area contributed by atoms with Crippen molar-refractivity contribution < 1.29 is 4.79 Å². The number of carbonyl (C=O) groups is 1. The maximum atomic E-state index is 12.7. The standard InChI is InChI=1S/C20H27N3OS/c1-2-7-19(21-15-18-10-6-13-25-18)20(24)22-16-8-5-9-17(14-16)23-11-3-4-12-23/h5-6,8-10,13-14,19,21H,2-4,7,11-12,15H2,1H3,(H,22,24). The van der Waals surface area contributed by atoms with Crippen LogP contribution in [0.5, 0.6) is 0 Å². The van der Waals surface area contributed by atoms with Crippen LogP contribution in [0.25, 0.3) is 0 Å². The highest BCUT2D eigenvalue weighted by Crippen LogP contribution is 2.23. The molecule has 0 aliphatic carbocycles. The van der Waals surface area contributed by atoms with E-state index in [-0.39, 0.29) is 11.9 Å². The first-order chi connectivity index (χ1) is 12.3. The molecule has 1 saturated heterocycles. The predicted octanol–water partition coefficient (Wildman–Crippen LogP) is 4.25. The summed E-state index contributed by atoms with van der Waals surface area (Å²) in [6.07, 6.45) is 4.32. The number of anilines is 2. The second-order valence-corrected chi connectivity index (χ2v) is 7.57. The molecule has 1 aliphatic rings. The molecule has 25 heavy (non-hydrogen) atoms. The Kier molecular flexibility index (Phi) is 6.48. The van der Waals surface area contributed by atoms with E-state index >= 15 is 0 Å². The summed E-state index contributed by atoms with van der Waals surface area (Å²) in [5, 5.41) is 8.56. The van der Waals surface area contributed by atoms with Gasteiger partial charge in [-0.2, -0.15) is 0 Å². The quantitative estimate of drug-likeness (QED) is 0.742. The van der Waals surface area contributed by atoms with Crippen LogP contribution in [-0.4, -0.2) is 25.0 Å². The fourth-order valence-electron chi connectivity index (χ4n) is 3.24. The lowest BCUT2D eigenvalue weighted by atomic mass is 10.1. The van der Waals surface area contributed by atoms with E-state index in [1.54, 1.807) is 11.3 Å². The van der Waals surface area contributed by atoms with Crippen LogP contribution in [0.4, 0.5) is 11.4 Å². The summed E-state index contributed by atoms with van der Waals surface area (Å²) in [7, 11) is 0. The topological polar surface area (TPSA) is 44.4 Å². The Morgan fingerprint density at radius 3 is 2.80 bits per heavy atom. The third kappa shape index (κ3) is 5.06. The van der Waals surface area contributed by atoms with E-state index in [1.807, 2.05) is 18.2 Å². The van der Waals surface area contributed by atoms with Crippen LogP contribution < -0.4 is 15.5 Å². The zero-order valence-electron chi connectivity index (χ0n) is 14.8. The van der Waals surface area contributed by atoms with Gasteiger partial charge in [0.2, 0.25) is 5.91 Å². The van der Waals surface area contributed by atoms with Crippen molar-refractivity contribution in [2.45, 2.75) is 45.2 Å². The second-order valence-electron chi connectivity index (χ2n) is 6.54. The molecular weight excluding hydrogens is 330 g/mol. The minimum Gasteiger partial charge on any atom is -0.371 e. The van der Waals surface area contributed by atoms with Crippen molar-refractivity contribution >= 4 is 28.6 Å². The van der Waals surface area contributed by atoms with Gasteiger partial charge < -0.3 is 15.5 Å². The summed E-state index contributed by atoms with van der Waals surface area (Å²) < 4.78 is 0.